The Hall–Kier alpha value is -2.22. The minimum absolute atomic E-state index is 0.618. The Morgan fingerprint density at radius 2 is 1.81 bits per heavy atom. The van der Waals surface area contributed by atoms with Gasteiger partial charge in [-0.2, -0.15) is 0 Å². The third kappa shape index (κ3) is 2.42. The molecule has 106 valence electrons. The van der Waals surface area contributed by atoms with E-state index in [1.54, 1.807) is 0 Å². The molecule has 4 rings (SSSR count). The highest BCUT2D eigenvalue weighted by atomic mass is 16.5. The largest absolute Gasteiger partial charge is 0.489 e. The number of benzene rings is 2. The van der Waals surface area contributed by atoms with E-state index in [4.69, 9.17) is 4.74 Å². The van der Waals surface area contributed by atoms with Crippen LogP contribution in [0.4, 0.5) is 0 Å². The number of rotatable bonds is 3. The summed E-state index contributed by atoms with van der Waals surface area (Å²) in [6.45, 7) is 0.618. The summed E-state index contributed by atoms with van der Waals surface area (Å²) >= 11 is 0. The van der Waals surface area contributed by atoms with Crippen LogP contribution in [0.2, 0.25) is 0 Å². The third-order valence-electron chi connectivity index (χ3n) is 4.32. The van der Waals surface area contributed by atoms with Crippen LogP contribution >= 0.6 is 0 Å². The van der Waals surface area contributed by atoms with Crippen LogP contribution in [-0.4, -0.2) is 4.98 Å². The van der Waals surface area contributed by atoms with Crippen molar-refractivity contribution >= 4 is 10.9 Å². The summed E-state index contributed by atoms with van der Waals surface area (Å²) < 4.78 is 5.91. The van der Waals surface area contributed by atoms with E-state index in [9.17, 15) is 0 Å². The molecule has 0 fully saturated rings. The molecular formula is C19H19NO. The number of H-pyrrole nitrogens is 1. The van der Waals surface area contributed by atoms with Gasteiger partial charge in [0.25, 0.3) is 0 Å². The summed E-state index contributed by atoms with van der Waals surface area (Å²) in [6.07, 6.45) is 5.01. The summed E-state index contributed by atoms with van der Waals surface area (Å²) in [7, 11) is 0. The molecule has 2 heteroatoms. The number of ether oxygens (including phenoxy) is 1. The highest BCUT2D eigenvalue weighted by Gasteiger charge is 2.15. The molecule has 0 atom stereocenters. The predicted octanol–water partition coefficient (Wildman–Crippen LogP) is 4.63. The molecular weight excluding hydrogens is 258 g/mol. The van der Waals surface area contributed by atoms with Crippen molar-refractivity contribution < 1.29 is 4.74 Å². The first-order valence-electron chi connectivity index (χ1n) is 7.70. The minimum atomic E-state index is 0.618. The van der Waals surface area contributed by atoms with E-state index < -0.39 is 0 Å². The summed E-state index contributed by atoms with van der Waals surface area (Å²) in [5.41, 5.74) is 5.36. The monoisotopic (exact) mass is 277 g/mol. The third-order valence-corrected chi connectivity index (χ3v) is 4.32. The van der Waals surface area contributed by atoms with Crippen molar-refractivity contribution in [1.82, 2.24) is 4.98 Å². The van der Waals surface area contributed by atoms with Crippen molar-refractivity contribution in [3.05, 3.63) is 65.4 Å². The van der Waals surface area contributed by atoms with E-state index in [1.807, 2.05) is 18.2 Å². The van der Waals surface area contributed by atoms with Crippen molar-refractivity contribution in [2.45, 2.75) is 32.3 Å². The summed E-state index contributed by atoms with van der Waals surface area (Å²) in [5, 5.41) is 1.37. The fraction of sp³-hybridized carbons (Fsp3) is 0.263. The molecule has 1 aromatic heterocycles. The summed E-state index contributed by atoms with van der Waals surface area (Å²) in [5.74, 6) is 0.935. The molecule has 3 aromatic rings. The van der Waals surface area contributed by atoms with Gasteiger partial charge in [-0.25, -0.2) is 0 Å². The van der Waals surface area contributed by atoms with Gasteiger partial charge in [-0.15, -0.1) is 0 Å². The van der Waals surface area contributed by atoms with Crippen molar-refractivity contribution in [3.8, 4) is 5.75 Å². The van der Waals surface area contributed by atoms with Gasteiger partial charge in [0.15, 0.2) is 0 Å². The summed E-state index contributed by atoms with van der Waals surface area (Å²) in [4.78, 5) is 3.57. The minimum Gasteiger partial charge on any atom is -0.489 e. The molecule has 0 unspecified atom stereocenters. The second-order valence-corrected chi connectivity index (χ2v) is 5.77. The average molecular weight is 277 g/mol. The van der Waals surface area contributed by atoms with Crippen molar-refractivity contribution in [3.63, 3.8) is 0 Å². The van der Waals surface area contributed by atoms with E-state index >= 15 is 0 Å². The first-order chi connectivity index (χ1) is 10.4. The zero-order valence-electron chi connectivity index (χ0n) is 12.1. The van der Waals surface area contributed by atoms with Crippen molar-refractivity contribution in [2.75, 3.05) is 0 Å². The SMILES string of the molecule is c1ccc(COc2ccc3c4c([nH]c3c2)CCCC4)cc1. The standard InChI is InChI=1S/C19H19NO/c1-2-6-14(7-3-1)13-21-15-10-11-17-16-8-4-5-9-18(16)20-19(17)12-15/h1-3,6-7,10-12,20H,4-5,8-9,13H2. The summed E-state index contributed by atoms with van der Waals surface area (Å²) in [6, 6.07) is 16.7. The van der Waals surface area contributed by atoms with Gasteiger partial charge in [-0.05, 0) is 48.9 Å². The molecule has 1 N–H and O–H groups in total. The number of nitrogens with one attached hydrogen (secondary N) is 1. The Labute approximate surface area is 124 Å². The number of aromatic nitrogens is 1. The molecule has 0 saturated heterocycles. The molecule has 0 spiro atoms. The van der Waals surface area contributed by atoms with Crippen molar-refractivity contribution in [2.24, 2.45) is 0 Å². The van der Waals surface area contributed by atoms with E-state index in [2.05, 4.69) is 35.3 Å². The van der Waals surface area contributed by atoms with E-state index in [0.29, 0.717) is 6.61 Å². The number of aryl methyl sites for hydroxylation is 2. The first kappa shape index (κ1) is 12.5. The van der Waals surface area contributed by atoms with Gasteiger partial charge in [0.1, 0.15) is 12.4 Å². The Morgan fingerprint density at radius 1 is 0.952 bits per heavy atom. The molecule has 0 radical (unpaired) electrons. The first-order valence-corrected chi connectivity index (χ1v) is 7.70. The molecule has 0 aliphatic heterocycles. The Kier molecular flexibility index (Phi) is 3.15. The van der Waals surface area contributed by atoms with Gasteiger partial charge in [0.05, 0.1) is 0 Å². The predicted molar refractivity (Wildman–Crippen MR) is 85.7 cm³/mol. The van der Waals surface area contributed by atoms with Gasteiger partial charge in [-0.1, -0.05) is 30.3 Å². The van der Waals surface area contributed by atoms with Crippen LogP contribution in [-0.2, 0) is 19.4 Å². The molecule has 0 saturated carbocycles. The number of fused-ring (bicyclic) bond motifs is 3. The topological polar surface area (TPSA) is 25.0 Å². The average Bonchev–Trinajstić information content (AvgIpc) is 2.91. The zero-order chi connectivity index (χ0) is 14.1. The maximum absolute atomic E-state index is 5.91. The maximum atomic E-state index is 5.91. The lowest BCUT2D eigenvalue weighted by atomic mass is 9.96. The smallest absolute Gasteiger partial charge is 0.121 e. The van der Waals surface area contributed by atoms with E-state index in [0.717, 1.165) is 5.75 Å². The molecule has 21 heavy (non-hydrogen) atoms. The Balaban J connectivity index is 1.59. The number of aromatic amines is 1. The molecule has 0 bridgehead atoms. The van der Waals surface area contributed by atoms with Crippen LogP contribution in [0.5, 0.6) is 5.75 Å². The molecule has 1 aliphatic carbocycles. The lowest BCUT2D eigenvalue weighted by Gasteiger charge is -2.10. The molecule has 2 nitrogen and oxygen atoms in total. The van der Waals surface area contributed by atoms with Gasteiger partial charge >= 0.3 is 0 Å². The van der Waals surface area contributed by atoms with Gasteiger partial charge in [0.2, 0.25) is 0 Å². The van der Waals surface area contributed by atoms with Gasteiger partial charge in [-0.3, -0.25) is 0 Å². The maximum Gasteiger partial charge on any atom is 0.121 e. The van der Waals surface area contributed by atoms with Crippen LogP contribution in [0.25, 0.3) is 10.9 Å². The fourth-order valence-corrected chi connectivity index (χ4v) is 3.22. The molecule has 2 aromatic carbocycles. The zero-order valence-corrected chi connectivity index (χ0v) is 12.1. The van der Waals surface area contributed by atoms with Crippen LogP contribution < -0.4 is 4.74 Å². The van der Waals surface area contributed by atoms with Crippen LogP contribution in [0.15, 0.2) is 48.5 Å². The van der Waals surface area contributed by atoms with Crippen molar-refractivity contribution in [1.29, 1.82) is 0 Å². The molecule has 0 amide bonds. The second kappa shape index (κ2) is 5.28. The highest BCUT2D eigenvalue weighted by Crippen LogP contribution is 2.31. The van der Waals surface area contributed by atoms with Crippen LogP contribution in [0, 0.1) is 0 Å². The van der Waals surface area contributed by atoms with E-state index in [-0.39, 0.29) is 0 Å². The quantitative estimate of drug-likeness (QED) is 0.742. The van der Waals surface area contributed by atoms with Crippen LogP contribution in [0.1, 0.15) is 29.7 Å². The second-order valence-electron chi connectivity index (χ2n) is 5.77. The lowest BCUT2D eigenvalue weighted by molar-refractivity contribution is 0.306. The molecule has 1 aliphatic rings. The Bertz CT molecular complexity index is 758. The van der Waals surface area contributed by atoms with Crippen LogP contribution in [0.3, 0.4) is 0 Å². The normalized spacial score (nSPS) is 14.1. The Morgan fingerprint density at radius 3 is 2.71 bits per heavy atom. The fourth-order valence-electron chi connectivity index (χ4n) is 3.22. The number of hydrogen-bond acceptors (Lipinski definition) is 1. The number of hydrogen-bond donors (Lipinski definition) is 1. The van der Waals surface area contributed by atoms with Gasteiger partial charge in [0, 0.05) is 22.7 Å². The van der Waals surface area contributed by atoms with E-state index in [1.165, 1.54) is 53.4 Å². The lowest BCUT2D eigenvalue weighted by Crippen LogP contribution is -1.99. The van der Waals surface area contributed by atoms with Gasteiger partial charge < -0.3 is 9.72 Å². The highest BCUT2D eigenvalue weighted by molar-refractivity contribution is 5.86. The molecule has 1 heterocycles.